The maximum atomic E-state index is 13.5. The first-order valence-electron chi connectivity index (χ1n) is 5.91. The van der Waals surface area contributed by atoms with Gasteiger partial charge in [0.05, 0.1) is 12.8 Å². The molecule has 0 N–H and O–H groups in total. The Balaban J connectivity index is 2.71. The van der Waals surface area contributed by atoms with Gasteiger partial charge in [-0.25, -0.2) is 4.52 Å². The molecular formula is C11H8F4N2O5S. The van der Waals surface area contributed by atoms with Gasteiger partial charge in [0.2, 0.25) is 5.95 Å². The van der Waals surface area contributed by atoms with Gasteiger partial charge in [-0.3, -0.25) is 4.79 Å². The predicted molar refractivity (Wildman–Crippen MR) is 67.3 cm³/mol. The highest BCUT2D eigenvalue weighted by Crippen LogP contribution is 2.33. The number of nitrogens with zero attached hydrogens (tertiary/aromatic N) is 2. The lowest BCUT2D eigenvalue weighted by Gasteiger charge is -2.12. The number of alkyl halides is 3. The minimum Gasteiger partial charge on any atom is -0.492 e. The molecule has 0 bridgehead atoms. The zero-order valence-electron chi connectivity index (χ0n) is 11.3. The van der Waals surface area contributed by atoms with Gasteiger partial charge in [-0.05, 0) is 6.92 Å². The molecule has 126 valence electrons. The third-order valence-electron chi connectivity index (χ3n) is 2.57. The molecule has 0 atom stereocenters. The Morgan fingerprint density at radius 3 is 2.57 bits per heavy atom. The fraction of sp³-hybridized carbons (Fsp3) is 0.273. The van der Waals surface area contributed by atoms with Crippen molar-refractivity contribution in [2.45, 2.75) is 12.4 Å². The minimum atomic E-state index is -6.02. The second-order valence-corrected chi connectivity index (χ2v) is 5.61. The molecule has 0 aliphatic rings. The van der Waals surface area contributed by atoms with Crippen LogP contribution >= 0.6 is 0 Å². The van der Waals surface area contributed by atoms with E-state index in [-0.39, 0.29) is 18.6 Å². The number of aldehydes is 1. The second-order valence-electron chi connectivity index (χ2n) is 4.07. The van der Waals surface area contributed by atoms with Crippen molar-refractivity contribution in [3.05, 3.63) is 23.8 Å². The number of pyridine rings is 1. The Morgan fingerprint density at radius 2 is 2.04 bits per heavy atom. The minimum absolute atomic E-state index is 0.0227. The maximum Gasteiger partial charge on any atom is 0.534 e. The summed E-state index contributed by atoms with van der Waals surface area (Å²) in [7, 11) is -6.02. The molecule has 2 aromatic rings. The van der Waals surface area contributed by atoms with Gasteiger partial charge in [-0.2, -0.15) is 26.0 Å². The molecule has 0 radical (unpaired) electrons. The highest BCUT2D eigenvalue weighted by Gasteiger charge is 2.49. The van der Waals surface area contributed by atoms with Crippen molar-refractivity contribution in [1.29, 1.82) is 0 Å². The van der Waals surface area contributed by atoms with E-state index in [1.165, 1.54) is 0 Å². The quantitative estimate of drug-likeness (QED) is 0.352. The van der Waals surface area contributed by atoms with Gasteiger partial charge in [-0.1, -0.05) is 0 Å². The number of hydrogen-bond donors (Lipinski definition) is 0. The average molecular weight is 356 g/mol. The summed E-state index contributed by atoms with van der Waals surface area (Å²) in [6.45, 7) is 1.64. The first-order valence-corrected chi connectivity index (χ1v) is 7.32. The number of aromatic nitrogens is 2. The summed E-state index contributed by atoms with van der Waals surface area (Å²) < 4.78 is 82.8. The van der Waals surface area contributed by atoms with E-state index < -0.39 is 38.4 Å². The first kappa shape index (κ1) is 17.0. The fourth-order valence-electron chi connectivity index (χ4n) is 1.69. The monoisotopic (exact) mass is 356 g/mol. The van der Waals surface area contributed by atoms with E-state index in [1.54, 1.807) is 6.92 Å². The predicted octanol–water partition coefficient (Wildman–Crippen LogP) is 1.91. The summed E-state index contributed by atoms with van der Waals surface area (Å²) in [5.41, 5.74) is -7.03. The number of hydrogen-bond acceptors (Lipinski definition) is 6. The Kier molecular flexibility index (Phi) is 4.20. The fourth-order valence-corrected chi connectivity index (χ4v) is 2.15. The van der Waals surface area contributed by atoms with Crippen LogP contribution in [0.4, 0.5) is 17.6 Å². The van der Waals surface area contributed by atoms with Gasteiger partial charge in [0.25, 0.3) is 0 Å². The van der Waals surface area contributed by atoms with Crippen molar-refractivity contribution in [2.75, 3.05) is 6.61 Å². The van der Waals surface area contributed by atoms with Crippen molar-refractivity contribution in [1.82, 2.24) is 9.61 Å². The number of halogens is 4. The van der Waals surface area contributed by atoms with E-state index in [1.807, 2.05) is 0 Å². The summed E-state index contributed by atoms with van der Waals surface area (Å²) in [4.78, 5) is 10.9. The van der Waals surface area contributed by atoms with Crippen LogP contribution in [0.15, 0.2) is 12.3 Å². The van der Waals surface area contributed by atoms with Gasteiger partial charge in [0.15, 0.2) is 12.0 Å². The van der Waals surface area contributed by atoms with E-state index in [2.05, 4.69) is 9.28 Å². The molecule has 0 aromatic carbocycles. The van der Waals surface area contributed by atoms with Crippen LogP contribution in [0.3, 0.4) is 0 Å². The summed E-state index contributed by atoms with van der Waals surface area (Å²) in [5.74, 6) is -2.37. The van der Waals surface area contributed by atoms with Crippen LogP contribution in [0.2, 0.25) is 0 Å². The van der Waals surface area contributed by atoms with E-state index in [0.29, 0.717) is 4.52 Å². The van der Waals surface area contributed by atoms with Crippen LogP contribution in [0.5, 0.6) is 11.5 Å². The Morgan fingerprint density at radius 1 is 1.39 bits per heavy atom. The lowest BCUT2D eigenvalue weighted by atomic mass is 10.2. The second kappa shape index (κ2) is 5.68. The van der Waals surface area contributed by atoms with Crippen molar-refractivity contribution in [3.8, 4) is 11.5 Å². The molecule has 0 amide bonds. The molecule has 2 heterocycles. The van der Waals surface area contributed by atoms with Crippen LogP contribution < -0.4 is 8.92 Å². The highest BCUT2D eigenvalue weighted by atomic mass is 32.2. The smallest absolute Gasteiger partial charge is 0.492 e. The molecule has 23 heavy (non-hydrogen) atoms. The molecule has 0 saturated carbocycles. The largest absolute Gasteiger partial charge is 0.534 e. The van der Waals surface area contributed by atoms with E-state index in [4.69, 9.17) is 4.74 Å². The molecule has 0 saturated heterocycles. The summed E-state index contributed by atoms with van der Waals surface area (Å²) in [6, 6.07) is 0.788. The zero-order chi connectivity index (χ0) is 17.4. The summed E-state index contributed by atoms with van der Waals surface area (Å²) in [5, 5.41) is 3.26. The number of rotatable bonds is 5. The molecular weight excluding hydrogens is 348 g/mol. The third-order valence-corrected chi connectivity index (χ3v) is 3.54. The van der Waals surface area contributed by atoms with E-state index in [9.17, 15) is 30.8 Å². The topological polar surface area (TPSA) is 87.0 Å². The molecule has 2 rings (SSSR count). The van der Waals surface area contributed by atoms with Gasteiger partial charge in [-0.15, -0.1) is 5.10 Å². The average Bonchev–Trinajstić information content (AvgIpc) is 2.73. The first-order chi connectivity index (χ1) is 10.6. The lowest BCUT2D eigenvalue weighted by Crippen LogP contribution is -2.28. The molecule has 0 aliphatic heterocycles. The normalized spacial score (nSPS) is 12.4. The molecule has 7 nitrogen and oxygen atoms in total. The summed E-state index contributed by atoms with van der Waals surface area (Å²) >= 11 is 0. The van der Waals surface area contributed by atoms with Crippen molar-refractivity contribution in [2.24, 2.45) is 0 Å². The highest BCUT2D eigenvalue weighted by molar-refractivity contribution is 7.88. The Labute approximate surface area is 126 Å². The number of carbonyl (C=O) groups is 1. The van der Waals surface area contributed by atoms with Gasteiger partial charge in [0.1, 0.15) is 16.8 Å². The Hall–Kier alpha value is -2.37. The van der Waals surface area contributed by atoms with Gasteiger partial charge < -0.3 is 8.92 Å². The van der Waals surface area contributed by atoms with Crippen LogP contribution in [0, 0.1) is 5.95 Å². The van der Waals surface area contributed by atoms with Gasteiger partial charge in [0, 0.05) is 6.07 Å². The van der Waals surface area contributed by atoms with Crippen LogP contribution in [-0.2, 0) is 10.1 Å². The Bertz CT molecular complexity index is 859. The SMILES string of the molecule is CCOc1cc(OS(=O)(=O)C(F)(F)F)c2c(C=O)c(F)nn2c1. The number of ether oxygens (including phenoxy) is 1. The molecule has 12 heteroatoms. The third kappa shape index (κ3) is 3.06. The van der Waals surface area contributed by atoms with E-state index >= 15 is 0 Å². The molecule has 2 aromatic heterocycles. The molecule has 0 aliphatic carbocycles. The van der Waals surface area contributed by atoms with Crippen LogP contribution in [0.1, 0.15) is 17.3 Å². The summed E-state index contributed by atoms with van der Waals surface area (Å²) in [6.07, 6.45) is 1.03. The molecule has 0 fully saturated rings. The molecule has 0 spiro atoms. The van der Waals surface area contributed by atoms with Crippen LogP contribution in [0.25, 0.3) is 5.52 Å². The standard InChI is InChI=1S/C11H8F4N2O5S/c1-2-21-6-3-8(22-23(19,20)11(13,14)15)9-7(5-18)10(12)16-17(9)4-6/h3-5H,2H2,1H3. The molecule has 0 unspecified atom stereocenters. The number of fused-ring (bicyclic) bond motifs is 1. The van der Waals surface area contributed by atoms with Crippen molar-refractivity contribution < 1.29 is 39.7 Å². The van der Waals surface area contributed by atoms with Crippen molar-refractivity contribution in [3.63, 3.8) is 0 Å². The zero-order valence-corrected chi connectivity index (χ0v) is 12.1. The van der Waals surface area contributed by atoms with E-state index in [0.717, 1.165) is 12.3 Å². The van der Waals surface area contributed by atoms with Crippen molar-refractivity contribution >= 4 is 21.9 Å². The number of carbonyl (C=O) groups excluding carboxylic acids is 1. The maximum absolute atomic E-state index is 13.5. The van der Waals surface area contributed by atoms with Crippen LogP contribution in [-0.4, -0.2) is 36.4 Å². The lowest BCUT2D eigenvalue weighted by molar-refractivity contribution is -0.0499. The van der Waals surface area contributed by atoms with Gasteiger partial charge >= 0.3 is 15.6 Å².